The Morgan fingerprint density at radius 2 is 1.30 bits per heavy atom. The maximum atomic E-state index is 14.0. The second-order valence-electron chi connectivity index (χ2n) is 11.0. The Hall–Kier alpha value is -4.46. The summed E-state index contributed by atoms with van der Waals surface area (Å²) < 4.78 is 0.959. The van der Waals surface area contributed by atoms with Gasteiger partial charge in [-0.1, -0.05) is 127 Å². The number of ketones is 1. The number of hydrazone groups is 2. The largest absolute Gasteiger partial charge is 0.286 e. The van der Waals surface area contributed by atoms with Crippen molar-refractivity contribution in [2.45, 2.75) is 24.8 Å². The molecule has 1 spiro atoms. The molecule has 0 N–H and O–H groups in total. The Bertz CT molecular complexity index is 1890. The summed E-state index contributed by atoms with van der Waals surface area (Å²) >= 11 is 5.01. The number of para-hydroxylation sites is 1. The molecule has 5 aromatic carbocycles. The molecule has 2 heterocycles. The summed E-state index contributed by atoms with van der Waals surface area (Å²) in [6, 6.07) is 44.5. The summed E-state index contributed by atoms with van der Waals surface area (Å²) in [5.41, 5.74) is 7.48. The van der Waals surface area contributed by atoms with Crippen LogP contribution < -0.4 is 10.0 Å². The van der Waals surface area contributed by atoms with Crippen LogP contribution in [0.4, 0.5) is 11.4 Å². The number of rotatable bonds is 6. The second kappa shape index (κ2) is 11.6. The van der Waals surface area contributed by atoms with Gasteiger partial charge in [-0.3, -0.25) is 4.79 Å². The van der Waals surface area contributed by atoms with Gasteiger partial charge in [0.15, 0.2) is 5.04 Å². The Morgan fingerprint density at radius 1 is 0.705 bits per heavy atom. The van der Waals surface area contributed by atoms with Crippen LogP contribution in [0.15, 0.2) is 148 Å². The molecule has 7 heteroatoms. The number of Topliss-reactive ketones (excluding diaryl/α,β-unsaturated/α-hetero) is 1. The zero-order chi connectivity index (χ0) is 30.3. The fourth-order valence-electron chi connectivity index (χ4n) is 5.63. The van der Waals surface area contributed by atoms with Gasteiger partial charge in [-0.05, 0) is 59.6 Å². The van der Waals surface area contributed by atoms with Crippen LogP contribution in [0.25, 0.3) is 0 Å². The van der Waals surface area contributed by atoms with Gasteiger partial charge in [-0.2, -0.15) is 10.2 Å². The predicted octanol–water partition coefficient (Wildman–Crippen LogP) is 9.41. The van der Waals surface area contributed by atoms with Crippen LogP contribution in [-0.2, 0) is 4.99 Å². The van der Waals surface area contributed by atoms with Gasteiger partial charge in [0.25, 0.3) is 0 Å². The Balaban J connectivity index is 1.47. The lowest BCUT2D eigenvalue weighted by Crippen LogP contribution is -2.54. The van der Waals surface area contributed by atoms with Crippen LogP contribution in [0.1, 0.15) is 52.4 Å². The van der Waals surface area contributed by atoms with E-state index in [9.17, 15) is 4.79 Å². The highest BCUT2D eigenvalue weighted by Crippen LogP contribution is 2.55. The Labute approximate surface area is 270 Å². The van der Waals surface area contributed by atoms with Gasteiger partial charge in [0.05, 0.1) is 17.1 Å². The zero-order valence-electron chi connectivity index (χ0n) is 24.3. The van der Waals surface area contributed by atoms with Crippen LogP contribution in [0.2, 0.25) is 0 Å². The second-order valence-corrected chi connectivity index (χ2v) is 13.1. The number of anilines is 2. The molecule has 0 saturated carbocycles. The minimum atomic E-state index is -1.02. The maximum Gasteiger partial charge on any atom is 0.234 e. The quantitative estimate of drug-likeness (QED) is 0.171. The van der Waals surface area contributed by atoms with Gasteiger partial charge in [-0.15, -0.1) is 0 Å². The van der Waals surface area contributed by atoms with Crippen molar-refractivity contribution in [3.8, 4) is 0 Å². The van der Waals surface area contributed by atoms with Gasteiger partial charge in [0, 0.05) is 26.7 Å². The zero-order valence-corrected chi connectivity index (χ0v) is 26.7. The normalized spacial score (nSPS) is 17.5. The third-order valence-electron chi connectivity index (χ3n) is 7.89. The highest BCUT2D eigenvalue weighted by atomic mass is 79.9. The van der Waals surface area contributed by atoms with E-state index in [1.54, 1.807) is 0 Å². The van der Waals surface area contributed by atoms with Crippen molar-refractivity contribution in [1.29, 1.82) is 0 Å². The highest BCUT2D eigenvalue weighted by Gasteiger charge is 2.56. The van der Waals surface area contributed by atoms with Gasteiger partial charge >= 0.3 is 0 Å². The molecule has 0 radical (unpaired) electrons. The third-order valence-corrected chi connectivity index (χ3v) is 9.73. The SMILES string of the molecule is CC(C)c1ccc(C2=NN(c3ccccc3)[C@]3(SC(C(=O)c4ccccc4)=NN3c3ccc(Br)cc3)c3ccccc32)cc1. The van der Waals surface area contributed by atoms with E-state index in [2.05, 4.69) is 78.3 Å². The van der Waals surface area contributed by atoms with Gasteiger partial charge < -0.3 is 0 Å². The van der Waals surface area contributed by atoms with E-state index in [0.29, 0.717) is 16.5 Å². The summed E-state index contributed by atoms with van der Waals surface area (Å²) in [6.07, 6.45) is 0. The van der Waals surface area contributed by atoms with Crippen LogP contribution in [0.5, 0.6) is 0 Å². The smallest absolute Gasteiger partial charge is 0.234 e. The number of fused-ring (bicyclic) bond motifs is 2. The molecule has 216 valence electrons. The van der Waals surface area contributed by atoms with Crippen molar-refractivity contribution in [3.63, 3.8) is 0 Å². The summed E-state index contributed by atoms with van der Waals surface area (Å²) in [6.45, 7) is 4.40. The molecular formula is C37H29BrN4OS. The standard InChI is InChI=1S/C37H29BrN4OS/c1-25(2)26-17-19-27(20-18-26)34-32-15-9-10-16-33(32)37(41(39-34)30-13-7-4-8-14-30)42(31-23-21-29(38)22-24-31)40-36(44-37)35(43)28-11-5-3-6-12-28/h3-25H,1-2H3/t37-/m1/s1. The van der Waals surface area contributed by atoms with Crippen LogP contribution in [0.3, 0.4) is 0 Å². The lowest BCUT2D eigenvalue weighted by molar-refractivity contribution is 0.106. The summed E-state index contributed by atoms with van der Waals surface area (Å²) in [5.74, 6) is 0.305. The van der Waals surface area contributed by atoms with E-state index in [4.69, 9.17) is 10.2 Å². The molecule has 44 heavy (non-hydrogen) atoms. The molecule has 0 amide bonds. The molecule has 0 unspecified atom stereocenters. The van der Waals surface area contributed by atoms with Crippen molar-refractivity contribution < 1.29 is 4.79 Å². The number of hydrogen-bond donors (Lipinski definition) is 0. The molecule has 0 saturated heterocycles. The Kier molecular flexibility index (Phi) is 7.44. The fourth-order valence-corrected chi connectivity index (χ4v) is 7.25. The number of carbonyl (C=O) groups is 1. The maximum absolute atomic E-state index is 14.0. The molecule has 2 aliphatic rings. The number of carbonyl (C=O) groups excluding carboxylic acids is 1. The van der Waals surface area contributed by atoms with Gasteiger partial charge in [0.1, 0.15) is 0 Å². The lowest BCUT2D eigenvalue weighted by Gasteiger charge is -2.47. The van der Waals surface area contributed by atoms with Gasteiger partial charge in [-0.25, -0.2) is 10.0 Å². The molecule has 7 rings (SSSR count). The van der Waals surface area contributed by atoms with E-state index in [0.717, 1.165) is 38.2 Å². The lowest BCUT2D eigenvalue weighted by atomic mass is 9.92. The topological polar surface area (TPSA) is 48.3 Å². The molecule has 2 aliphatic heterocycles. The van der Waals surface area contributed by atoms with Crippen molar-refractivity contribution >= 4 is 55.6 Å². The number of hydrogen-bond acceptors (Lipinski definition) is 6. The molecule has 0 aliphatic carbocycles. The van der Waals surface area contributed by atoms with Crippen molar-refractivity contribution in [2.75, 3.05) is 10.0 Å². The van der Waals surface area contributed by atoms with E-state index in [1.807, 2.05) is 94.9 Å². The molecule has 0 bridgehead atoms. The summed E-state index contributed by atoms with van der Waals surface area (Å²) in [5, 5.41) is 14.9. The summed E-state index contributed by atoms with van der Waals surface area (Å²) in [7, 11) is 0. The van der Waals surface area contributed by atoms with E-state index < -0.39 is 4.99 Å². The molecular weight excluding hydrogens is 628 g/mol. The number of thioether (sulfide) groups is 1. The minimum absolute atomic E-state index is 0.126. The van der Waals surface area contributed by atoms with Gasteiger partial charge in [0.2, 0.25) is 10.8 Å². The average Bonchev–Trinajstić information content (AvgIpc) is 3.46. The van der Waals surface area contributed by atoms with Crippen LogP contribution in [-0.4, -0.2) is 16.5 Å². The first kappa shape index (κ1) is 28.3. The number of benzene rings is 5. The van der Waals surface area contributed by atoms with E-state index >= 15 is 0 Å². The van der Waals surface area contributed by atoms with Crippen molar-refractivity contribution in [3.05, 3.63) is 166 Å². The van der Waals surface area contributed by atoms with Crippen LogP contribution >= 0.6 is 27.7 Å². The summed E-state index contributed by atoms with van der Waals surface area (Å²) in [4.78, 5) is 13.0. The first-order chi connectivity index (χ1) is 21.5. The Morgan fingerprint density at radius 3 is 1.98 bits per heavy atom. The number of halogens is 1. The minimum Gasteiger partial charge on any atom is -0.286 e. The van der Waals surface area contributed by atoms with Crippen molar-refractivity contribution in [1.82, 2.24) is 0 Å². The third kappa shape index (κ3) is 4.86. The first-order valence-corrected chi connectivity index (χ1v) is 16.1. The number of nitrogens with zero attached hydrogens (tertiary/aromatic N) is 4. The predicted molar refractivity (Wildman–Crippen MR) is 186 cm³/mol. The van der Waals surface area contributed by atoms with E-state index in [-0.39, 0.29) is 5.78 Å². The molecule has 0 aromatic heterocycles. The molecule has 5 aromatic rings. The molecule has 1 atom stereocenters. The first-order valence-electron chi connectivity index (χ1n) is 14.5. The van der Waals surface area contributed by atoms with Crippen LogP contribution in [0, 0.1) is 0 Å². The van der Waals surface area contributed by atoms with E-state index in [1.165, 1.54) is 17.3 Å². The molecule has 5 nitrogen and oxygen atoms in total. The fraction of sp³-hybridized carbons (Fsp3) is 0.108. The monoisotopic (exact) mass is 656 g/mol. The highest BCUT2D eigenvalue weighted by molar-refractivity contribution is 9.10. The molecule has 0 fully saturated rings. The van der Waals surface area contributed by atoms with Crippen molar-refractivity contribution in [2.24, 2.45) is 10.2 Å². The average molecular weight is 658 g/mol.